The maximum Gasteiger partial charge on any atom is 0.434 e. The number of phenols is 1. The number of aliphatic hydroxyl groups excluding tert-OH is 1. The number of rotatable bonds is 8. The normalized spacial score (nSPS) is 23.0. The van der Waals surface area contributed by atoms with Crippen LogP contribution in [0.2, 0.25) is 0 Å². The molecule has 1 saturated heterocycles. The number of aromatic nitrogens is 2. The van der Waals surface area contributed by atoms with E-state index in [9.17, 15) is 37.8 Å². The zero-order chi connectivity index (χ0) is 42.9. The number of amides is 2. The van der Waals surface area contributed by atoms with Crippen LogP contribution in [-0.4, -0.2) is 99.4 Å². The fourth-order valence-electron chi connectivity index (χ4n) is 9.33. The minimum Gasteiger partial charge on any atom is -0.504 e. The Morgan fingerprint density at radius 2 is 1.78 bits per heavy atom. The number of nitrogens with zero attached hydrogens (tertiary/aromatic N) is 4. The number of thioether (sulfide) groups is 1. The number of esters is 1. The largest absolute Gasteiger partial charge is 0.504 e. The van der Waals surface area contributed by atoms with Gasteiger partial charge in [0.15, 0.2) is 28.7 Å². The van der Waals surface area contributed by atoms with E-state index in [4.69, 9.17) is 23.7 Å². The molecule has 2 bridgehead atoms. The summed E-state index contributed by atoms with van der Waals surface area (Å²) in [6, 6.07) is 6.36. The first kappa shape index (κ1) is 41.2. The number of benzene rings is 3. The number of nitrogens with one attached hydrogen (secondary N) is 1. The van der Waals surface area contributed by atoms with E-state index >= 15 is 0 Å². The predicted molar refractivity (Wildman–Crippen MR) is 209 cm³/mol. The van der Waals surface area contributed by atoms with Gasteiger partial charge in [-0.05, 0) is 56.3 Å². The second-order valence-corrected chi connectivity index (χ2v) is 16.3. The molecule has 4 aliphatic heterocycles. The molecule has 318 valence electrons. The maximum absolute atomic E-state index is 14.4. The molecule has 6 atom stereocenters. The number of alkyl halides is 3. The highest BCUT2D eigenvalue weighted by Crippen LogP contribution is 2.63. The number of carbonyl (C=O) groups is 3. The minimum atomic E-state index is -5.04. The molecule has 4 aromatic rings. The average Bonchev–Trinajstić information content (AvgIpc) is 3.88. The number of likely N-dealkylation sites (N-methyl/N-ethyl adjacent to an activating group) is 1. The first-order chi connectivity index (χ1) is 28.6. The molecule has 0 aliphatic carbocycles. The standard InChI is InChI=1S/C41H42F3N5O10S/c1-7-60-36-28-27(35-34(57-17-58-35)19(3)33(28)59-20(4)50)25(48-30(36)29-26-21(14-24(39(48)53)47(29)5)13-18(2)32(55-6)31(26)51)16-56-40(54)46-38(52)23-15-45-49(37(23)41(42,43)44)22-11-9-8-10-12-22/h8-13,15,24-25,29-30,36,39,51,53H,7,14,16-17H2,1-6H3,(H,46,52,54)/t24-,25-,29+,30+,36+,39-/m0/s1. The predicted octanol–water partition coefficient (Wildman–Crippen LogP) is 5.89. The molecule has 60 heavy (non-hydrogen) atoms. The lowest BCUT2D eigenvalue weighted by Crippen LogP contribution is -2.69. The van der Waals surface area contributed by atoms with Gasteiger partial charge in [-0.3, -0.25) is 24.7 Å². The molecule has 1 fully saturated rings. The number of para-hydroxylation sites is 1. The van der Waals surface area contributed by atoms with Gasteiger partial charge in [-0.15, -0.1) is 0 Å². The van der Waals surface area contributed by atoms with Gasteiger partial charge < -0.3 is 33.9 Å². The van der Waals surface area contributed by atoms with Crippen molar-refractivity contribution in [1.82, 2.24) is 24.9 Å². The topological polar surface area (TPSA) is 174 Å². The van der Waals surface area contributed by atoms with Crippen molar-refractivity contribution >= 4 is 29.7 Å². The second-order valence-electron chi connectivity index (χ2n) is 14.9. The SMILES string of the molecule is CCS[C@@H]1c2c(OC(C)=O)c(C)c3c(c2[C@H](COC(=O)NC(=O)c2cnn(-c4ccccc4)c2C(F)(F)F)N2[C@@H]1[C@H]1c4c(cc(C)c(OC)c4O)C[C@@H]([C@@H]2O)N1C)OCO3. The average molecular weight is 854 g/mol. The number of aryl methyl sites for hydroxylation is 1. The van der Waals surface area contributed by atoms with Crippen molar-refractivity contribution in [1.29, 1.82) is 0 Å². The number of phenolic OH excluding ortho intramolecular Hbond substituents is 1. The molecule has 2 amide bonds. The van der Waals surface area contributed by atoms with Gasteiger partial charge in [0.2, 0.25) is 6.79 Å². The summed E-state index contributed by atoms with van der Waals surface area (Å²) >= 11 is 1.51. The van der Waals surface area contributed by atoms with Crippen molar-refractivity contribution in [2.45, 2.75) is 75.9 Å². The van der Waals surface area contributed by atoms with Crippen LogP contribution in [0.15, 0.2) is 42.6 Å². The molecule has 8 rings (SSSR count). The molecule has 15 nitrogen and oxygen atoms in total. The number of ether oxygens (including phenoxy) is 5. The van der Waals surface area contributed by atoms with Crippen LogP contribution >= 0.6 is 11.8 Å². The lowest BCUT2D eigenvalue weighted by atomic mass is 9.73. The van der Waals surface area contributed by atoms with Crippen molar-refractivity contribution in [2.75, 3.05) is 33.3 Å². The molecule has 5 heterocycles. The Labute approximate surface area is 346 Å². The summed E-state index contributed by atoms with van der Waals surface area (Å²) in [4.78, 5) is 43.5. The molecule has 0 radical (unpaired) electrons. The third kappa shape index (κ3) is 6.58. The van der Waals surface area contributed by atoms with Gasteiger partial charge in [-0.1, -0.05) is 31.2 Å². The van der Waals surface area contributed by atoms with E-state index in [1.807, 2.05) is 37.2 Å². The number of aliphatic hydroxyl groups is 1. The minimum absolute atomic E-state index is 0.0404. The van der Waals surface area contributed by atoms with Crippen LogP contribution in [0.4, 0.5) is 18.0 Å². The van der Waals surface area contributed by atoms with Gasteiger partial charge in [-0.25, -0.2) is 9.48 Å². The molecule has 0 spiro atoms. The summed E-state index contributed by atoms with van der Waals surface area (Å²) in [5, 5.41) is 29.5. The summed E-state index contributed by atoms with van der Waals surface area (Å²) in [7, 11) is 3.32. The molecule has 4 aliphatic rings. The third-order valence-corrected chi connectivity index (χ3v) is 12.8. The van der Waals surface area contributed by atoms with Gasteiger partial charge in [0.05, 0.1) is 47.9 Å². The lowest BCUT2D eigenvalue weighted by molar-refractivity contribution is -0.178. The van der Waals surface area contributed by atoms with Gasteiger partial charge >= 0.3 is 18.2 Å². The highest BCUT2D eigenvalue weighted by Gasteiger charge is 2.60. The fourth-order valence-corrected chi connectivity index (χ4v) is 10.6. The van der Waals surface area contributed by atoms with Crippen LogP contribution in [0.5, 0.6) is 28.7 Å². The second kappa shape index (κ2) is 15.5. The lowest BCUT2D eigenvalue weighted by Gasteiger charge is -2.61. The van der Waals surface area contributed by atoms with Crippen molar-refractivity contribution < 1.29 is 61.5 Å². The first-order valence-corrected chi connectivity index (χ1v) is 20.1. The van der Waals surface area contributed by atoms with E-state index in [2.05, 4.69) is 5.10 Å². The van der Waals surface area contributed by atoms with Crippen LogP contribution < -0.4 is 24.3 Å². The number of methoxy groups -OCH3 is 1. The van der Waals surface area contributed by atoms with E-state index in [0.29, 0.717) is 56.6 Å². The number of halogens is 3. The van der Waals surface area contributed by atoms with Crippen molar-refractivity contribution in [3.63, 3.8) is 0 Å². The molecule has 19 heteroatoms. The van der Waals surface area contributed by atoms with E-state index in [1.54, 1.807) is 17.9 Å². The number of aromatic hydroxyl groups is 1. The van der Waals surface area contributed by atoms with E-state index in [-0.39, 0.29) is 35.5 Å². The number of imide groups is 1. The molecular formula is C41H42F3N5O10S. The summed E-state index contributed by atoms with van der Waals surface area (Å²) < 4.78 is 73.1. The summed E-state index contributed by atoms with van der Waals surface area (Å²) in [5.41, 5.74) is 1.20. The highest BCUT2D eigenvalue weighted by molar-refractivity contribution is 7.99. The van der Waals surface area contributed by atoms with E-state index in [0.717, 1.165) is 5.56 Å². The fraction of sp³-hybridized carbons (Fsp3) is 0.415. The van der Waals surface area contributed by atoms with E-state index in [1.165, 1.54) is 50.1 Å². The third-order valence-electron chi connectivity index (χ3n) is 11.6. The van der Waals surface area contributed by atoms with Gasteiger partial charge in [0, 0.05) is 35.2 Å². The van der Waals surface area contributed by atoms with Crippen molar-refractivity contribution in [3.8, 4) is 34.4 Å². The molecule has 1 aromatic heterocycles. The summed E-state index contributed by atoms with van der Waals surface area (Å²) in [6.07, 6.45) is -6.63. The van der Waals surface area contributed by atoms with Crippen LogP contribution in [0.25, 0.3) is 5.69 Å². The van der Waals surface area contributed by atoms with Crippen LogP contribution in [-0.2, 0) is 22.1 Å². The monoisotopic (exact) mass is 853 g/mol. The number of hydrogen-bond acceptors (Lipinski definition) is 14. The Kier molecular flexibility index (Phi) is 10.7. The molecule has 0 unspecified atom stereocenters. The zero-order valence-corrected chi connectivity index (χ0v) is 34.1. The van der Waals surface area contributed by atoms with Gasteiger partial charge in [-0.2, -0.15) is 30.0 Å². The Balaban J connectivity index is 1.23. The van der Waals surface area contributed by atoms with Crippen molar-refractivity contribution in [3.05, 3.63) is 87.2 Å². The smallest absolute Gasteiger partial charge is 0.434 e. The summed E-state index contributed by atoms with van der Waals surface area (Å²) in [6.45, 7) is 5.99. The molecule has 3 N–H and O–H groups in total. The Morgan fingerprint density at radius 1 is 1.07 bits per heavy atom. The quantitative estimate of drug-likeness (QED) is 0.141. The number of hydrogen-bond donors (Lipinski definition) is 3. The van der Waals surface area contributed by atoms with Gasteiger partial charge in [0.1, 0.15) is 18.6 Å². The number of alkyl carbamates (subject to hydrolysis) is 1. The van der Waals surface area contributed by atoms with Crippen LogP contribution in [0, 0.1) is 13.8 Å². The first-order valence-electron chi connectivity index (χ1n) is 19.1. The Bertz CT molecular complexity index is 2390. The Morgan fingerprint density at radius 3 is 2.45 bits per heavy atom. The zero-order valence-electron chi connectivity index (χ0n) is 33.3. The maximum atomic E-state index is 14.4. The van der Waals surface area contributed by atoms with Crippen molar-refractivity contribution in [2.24, 2.45) is 0 Å². The van der Waals surface area contributed by atoms with E-state index < -0.39 is 77.7 Å². The van der Waals surface area contributed by atoms with Gasteiger partial charge in [0.25, 0.3) is 5.91 Å². The summed E-state index contributed by atoms with van der Waals surface area (Å²) in [5.74, 6) is -0.521. The molecular weight excluding hydrogens is 812 g/mol. The number of fused-ring (bicyclic) bond motifs is 9. The molecule has 0 saturated carbocycles. The van der Waals surface area contributed by atoms with Crippen LogP contribution in [0.3, 0.4) is 0 Å². The Hall–Kier alpha value is -5.50. The number of piperazine rings is 1. The number of carbonyl (C=O) groups excluding carboxylic acids is 3. The van der Waals surface area contributed by atoms with Crippen LogP contribution in [0.1, 0.15) is 80.6 Å². The molecule has 3 aromatic carbocycles. The highest BCUT2D eigenvalue weighted by atomic mass is 32.2.